The summed E-state index contributed by atoms with van der Waals surface area (Å²) >= 11 is 1.14. The fourth-order valence-corrected chi connectivity index (χ4v) is 3.93. The van der Waals surface area contributed by atoms with E-state index in [2.05, 4.69) is 19.0 Å². The predicted octanol–water partition coefficient (Wildman–Crippen LogP) is 2.71. The molecule has 3 aromatic rings. The van der Waals surface area contributed by atoms with Crippen LogP contribution in [0, 0.1) is 0 Å². The third-order valence-electron chi connectivity index (χ3n) is 4.72. The van der Waals surface area contributed by atoms with Gasteiger partial charge in [0, 0.05) is 13.1 Å². The lowest BCUT2D eigenvalue weighted by Gasteiger charge is -2.29. The number of nitrogens with zero attached hydrogens (tertiary/aromatic N) is 3. The zero-order valence-electron chi connectivity index (χ0n) is 15.2. The molecule has 0 bridgehead atoms. The molecule has 0 radical (unpaired) electrons. The van der Waals surface area contributed by atoms with Crippen molar-refractivity contribution in [2.75, 3.05) is 32.6 Å². The first kappa shape index (κ1) is 17.7. The lowest BCUT2D eigenvalue weighted by Crippen LogP contribution is -2.37. The van der Waals surface area contributed by atoms with Gasteiger partial charge in [0.15, 0.2) is 11.5 Å². The van der Waals surface area contributed by atoms with E-state index in [0.717, 1.165) is 47.0 Å². The Morgan fingerprint density at radius 1 is 1.19 bits per heavy atom. The first-order valence-corrected chi connectivity index (χ1v) is 9.38. The van der Waals surface area contributed by atoms with Crippen LogP contribution >= 0.6 is 11.7 Å². The van der Waals surface area contributed by atoms with Gasteiger partial charge in [0.05, 0.1) is 38.2 Å². The number of ether oxygens (including phenoxy) is 2. The molecule has 1 aromatic heterocycles. The van der Waals surface area contributed by atoms with Crippen LogP contribution in [0.3, 0.4) is 0 Å². The summed E-state index contributed by atoms with van der Waals surface area (Å²) in [6.07, 6.45) is 0.870. The molecule has 0 saturated carbocycles. The van der Waals surface area contributed by atoms with Crippen molar-refractivity contribution in [2.24, 2.45) is 0 Å². The van der Waals surface area contributed by atoms with Crippen molar-refractivity contribution in [3.63, 3.8) is 0 Å². The number of carbonyl (C=O) groups excluding carboxylic acids is 1. The largest absolute Gasteiger partial charge is 0.493 e. The van der Waals surface area contributed by atoms with E-state index < -0.39 is 0 Å². The molecule has 2 heterocycles. The molecule has 0 saturated heterocycles. The van der Waals surface area contributed by atoms with Crippen LogP contribution in [-0.2, 0) is 17.8 Å². The van der Waals surface area contributed by atoms with Crippen molar-refractivity contribution in [3.8, 4) is 11.5 Å². The number of aromatic nitrogens is 2. The molecule has 8 heteroatoms. The second-order valence-corrected chi connectivity index (χ2v) is 6.95. The van der Waals surface area contributed by atoms with Gasteiger partial charge in [-0.2, -0.15) is 8.75 Å². The highest BCUT2D eigenvalue weighted by Crippen LogP contribution is 2.33. The molecular weight excluding hydrogens is 364 g/mol. The van der Waals surface area contributed by atoms with Gasteiger partial charge in [0.2, 0.25) is 5.91 Å². The minimum absolute atomic E-state index is 0.0561. The van der Waals surface area contributed by atoms with Crippen molar-refractivity contribution in [1.82, 2.24) is 13.6 Å². The van der Waals surface area contributed by atoms with Crippen LogP contribution < -0.4 is 14.8 Å². The summed E-state index contributed by atoms with van der Waals surface area (Å²) in [5, 5.41) is 2.96. The number of amides is 1. The summed E-state index contributed by atoms with van der Waals surface area (Å²) in [7, 11) is 3.27. The standard InChI is InChI=1S/C19H20N4O3S/c1-25-16-8-12-6-7-23(10-13(12)9-17(16)26-2)11-18(24)20-14-4-3-5-15-19(14)22-27-21-15/h3-5,8-9H,6-7,10-11H2,1-2H3,(H,20,24). The van der Waals surface area contributed by atoms with Crippen molar-refractivity contribution < 1.29 is 14.3 Å². The van der Waals surface area contributed by atoms with Gasteiger partial charge in [0.1, 0.15) is 11.0 Å². The average molecular weight is 384 g/mol. The van der Waals surface area contributed by atoms with Gasteiger partial charge >= 0.3 is 0 Å². The number of nitrogens with one attached hydrogen (secondary N) is 1. The molecule has 1 aliphatic heterocycles. The zero-order valence-corrected chi connectivity index (χ0v) is 16.0. The molecule has 27 heavy (non-hydrogen) atoms. The lowest BCUT2D eigenvalue weighted by atomic mass is 9.99. The molecule has 1 N–H and O–H groups in total. The number of carbonyl (C=O) groups is 1. The van der Waals surface area contributed by atoms with E-state index in [4.69, 9.17) is 9.47 Å². The molecule has 0 fully saturated rings. The molecule has 0 atom stereocenters. The van der Waals surface area contributed by atoms with Gasteiger partial charge in [0.25, 0.3) is 0 Å². The molecule has 0 spiro atoms. The van der Waals surface area contributed by atoms with Crippen LogP contribution in [0.4, 0.5) is 5.69 Å². The molecule has 4 rings (SSSR count). The third kappa shape index (κ3) is 3.58. The Kier molecular flexibility index (Phi) is 4.91. The maximum atomic E-state index is 12.5. The van der Waals surface area contributed by atoms with Gasteiger partial charge < -0.3 is 14.8 Å². The molecule has 2 aromatic carbocycles. The van der Waals surface area contributed by atoms with Crippen LogP contribution in [0.2, 0.25) is 0 Å². The van der Waals surface area contributed by atoms with Crippen LogP contribution in [0.15, 0.2) is 30.3 Å². The van der Waals surface area contributed by atoms with Crippen molar-refractivity contribution in [3.05, 3.63) is 41.5 Å². The fourth-order valence-electron chi connectivity index (χ4n) is 3.38. The Morgan fingerprint density at radius 2 is 1.96 bits per heavy atom. The molecule has 0 aliphatic carbocycles. The molecular formula is C19H20N4O3S. The third-order valence-corrected chi connectivity index (χ3v) is 5.27. The summed E-state index contributed by atoms with van der Waals surface area (Å²) in [5.74, 6) is 1.40. The van der Waals surface area contributed by atoms with Crippen LogP contribution in [0.5, 0.6) is 11.5 Å². The van der Waals surface area contributed by atoms with Gasteiger partial charge in [-0.25, -0.2) is 0 Å². The summed E-state index contributed by atoms with van der Waals surface area (Å²) in [6, 6.07) is 9.64. The van der Waals surface area contributed by atoms with Gasteiger partial charge in [-0.3, -0.25) is 9.69 Å². The van der Waals surface area contributed by atoms with E-state index in [1.54, 1.807) is 14.2 Å². The van der Waals surface area contributed by atoms with Crippen LogP contribution in [0.1, 0.15) is 11.1 Å². The lowest BCUT2D eigenvalue weighted by molar-refractivity contribution is -0.117. The number of hydrogen-bond acceptors (Lipinski definition) is 7. The van der Waals surface area contributed by atoms with Crippen LogP contribution in [-0.4, -0.2) is 46.9 Å². The van der Waals surface area contributed by atoms with E-state index >= 15 is 0 Å². The molecule has 140 valence electrons. The van der Waals surface area contributed by atoms with E-state index in [-0.39, 0.29) is 5.91 Å². The highest BCUT2D eigenvalue weighted by molar-refractivity contribution is 7.00. The summed E-state index contributed by atoms with van der Waals surface area (Å²) in [5.41, 5.74) is 4.64. The van der Waals surface area contributed by atoms with E-state index in [1.807, 2.05) is 30.3 Å². The van der Waals surface area contributed by atoms with Gasteiger partial charge in [-0.15, -0.1) is 0 Å². The van der Waals surface area contributed by atoms with Gasteiger partial charge in [-0.1, -0.05) is 6.07 Å². The van der Waals surface area contributed by atoms with Crippen LogP contribution in [0.25, 0.3) is 11.0 Å². The predicted molar refractivity (Wildman–Crippen MR) is 105 cm³/mol. The quantitative estimate of drug-likeness (QED) is 0.729. The monoisotopic (exact) mass is 384 g/mol. The Balaban J connectivity index is 1.45. The van der Waals surface area contributed by atoms with E-state index in [9.17, 15) is 4.79 Å². The topological polar surface area (TPSA) is 76.6 Å². The molecule has 0 unspecified atom stereocenters. The second-order valence-electron chi connectivity index (χ2n) is 6.42. The first-order valence-electron chi connectivity index (χ1n) is 8.65. The van der Waals surface area contributed by atoms with Crippen molar-refractivity contribution in [1.29, 1.82) is 0 Å². The zero-order chi connectivity index (χ0) is 18.8. The van der Waals surface area contributed by atoms with Crippen molar-refractivity contribution >= 4 is 34.4 Å². The number of methoxy groups -OCH3 is 2. The maximum absolute atomic E-state index is 12.5. The normalized spacial score (nSPS) is 14.0. The van der Waals surface area contributed by atoms with Crippen molar-refractivity contribution in [2.45, 2.75) is 13.0 Å². The molecule has 1 aliphatic rings. The number of benzene rings is 2. The highest BCUT2D eigenvalue weighted by atomic mass is 32.1. The summed E-state index contributed by atoms with van der Waals surface area (Å²) in [4.78, 5) is 14.7. The summed E-state index contributed by atoms with van der Waals surface area (Å²) < 4.78 is 19.2. The second kappa shape index (κ2) is 7.50. The molecule has 7 nitrogen and oxygen atoms in total. The SMILES string of the molecule is COc1cc2c(cc1OC)CN(CC(=O)Nc1cccc3nsnc13)CC2. The number of hydrogen-bond donors (Lipinski definition) is 1. The average Bonchev–Trinajstić information content (AvgIpc) is 3.16. The first-order chi connectivity index (χ1) is 13.2. The minimum Gasteiger partial charge on any atom is -0.493 e. The maximum Gasteiger partial charge on any atom is 0.238 e. The minimum atomic E-state index is -0.0561. The number of anilines is 1. The van der Waals surface area contributed by atoms with E-state index in [0.29, 0.717) is 24.5 Å². The highest BCUT2D eigenvalue weighted by Gasteiger charge is 2.21. The number of rotatable bonds is 5. The summed E-state index contributed by atoms with van der Waals surface area (Å²) in [6.45, 7) is 1.84. The Morgan fingerprint density at radius 3 is 2.74 bits per heavy atom. The fraction of sp³-hybridized carbons (Fsp3) is 0.316. The Labute approximate surface area is 161 Å². The molecule has 1 amide bonds. The smallest absolute Gasteiger partial charge is 0.238 e. The number of fused-ring (bicyclic) bond motifs is 2. The van der Waals surface area contributed by atoms with E-state index in [1.165, 1.54) is 5.56 Å². The Bertz CT molecular complexity index is 988. The van der Waals surface area contributed by atoms with Gasteiger partial charge in [-0.05, 0) is 41.8 Å². The Hall–Kier alpha value is -2.71.